The first-order valence-electron chi connectivity index (χ1n) is 9.70. The number of hydrogen-bond donors (Lipinski definition) is 0. The Morgan fingerprint density at radius 1 is 0.968 bits per heavy atom. The molecule has 6 nitrogen and oxygen atoms in total. The molecule has 31 heavy (non-hydrogen) atoms. The van der Waals surface area contributed by atoms with Crippen molar-refractivity contribution < 1.29 is 19.0 Å². The zero-order valence-electron chi connectivity index (χ0n) is 17.0. The number of esters is 1. The van der Waals surface area contributed by atoms with Gasteiger partial charge in [0.25, 0.3) is 5.69 Å². The van der Waals surface area contributed by atoms with E-state index in [0.717, 1.165) is 0 Å². The van der Waals surface area contributed by atoms with Crippen LogP contribution in [0.5, 0.6) is 0 Å². The van der Waals surface area contributed by atoms with E-state index in [2.05, 4.69) is 6.58 Å². The van der Waals surface area contributed by atoms with Crippen LogP contribution in [0.2, 0.25) is 0 Å². The molecular weight excluding hydrogens is 413 g/mol. The summed E-state index contributed by atoms with van der Waals surface area (Å²) in [5, 5.41) is 12.2. The Morgan fingerprint density at radius 2 is 1.45 bits per heavy atom. The lowest BCUT2D eigenvalue weighted by atomic mass is 10.1. The predicted molar refractivity (Wildman–Crippen MR) is 121 cm³/mol. The number of nitro groups is 1. The van der Waals surface area contributed by atoms with E-state index in [-0.39, 0.29) is 17.9 Å². The van der Waals surface area contributed by atoms with Gasteiger partial charge in [-0.25, -0.2) is 4.79 Å². The molecule has 1 unspecified atom stereocenters. The van der Waals surface area contributed by atoms with Gasteiger partial charge < -0.3 is 9.30 Å². The third-order valence-corrected chi connectivity index (χ3v) is 8.40. The molecule has 0 amide bonds. The number of carbonyl (C=O) groups excluding carboxylic acids is 1. The molecule has 158 valence electrons. The first-order valence-corrected chi connectivity index (χ1v) is 11.5. The molecule has 0 radical (unpaired) electrons. The summed E-state index contributed by atoms with van der Waals surface area (Å²) in [7, 11) is -3.50. The number of rotatable bonds is 8. The predicted octanol–water partition coefficient (Wildman–Crippen LogP) is 4.77. The second-order valence-corrected chi connectivity index (χ2v) is 9.69. The van der Waals surface area contributed by atoms with Crippen molar-refractivity contribution in [2.24, 2.45) is 0 Å². The van der Waals surface area contributed by atoms with E-state index in [1.165, 1.54) is 24.3 Å². The molecule has 7 heteroatoms. The highest BCUT2D eigenvalue weighted by Crippen LogP contribution is 2.60. The topological polar surface area (TPSA) is 86.5 Å². The lowest BCUT2D eigenvalue weighted by Gasteiger charge is -2.30. The van der Waals surface area contributed by atoms with E-state index in [1.54, 1.807) is 55.5 Å². The highest BCUT2D eigenvalue weighted by molar-refractivity contribution is 7.79. The lowest BCUT2D eigenvalue weighted by Crippen LogP contribution is -2.25. The zero-order valence-corrected chi connectivity index (χ0v) is 17.9. The lowest BCUT2D eigenvalue weighted by molar-refractivity contribution is -0.384. The maximum absolute atomic E-state index is 14.9. The second-order valence-electron chi connectivity index (χ2n) is 6.83. The van der Waals surface area contributed by atoms with Crippen LogP contribution >= 0.6 is 7.14 Å². The van der Waals surface area contributed by atoms with Gasteiger partial charge in [-0.2, -0.15) is 0 Å². The molecule has 1 atom stereocenters. The summed E-state index contributed by atoms with van der Waals surface area (Å²) in [5.41, 5.74) is -0.526. The van der Waals surface area contributed by atoms with Crippen LogP contribution in [0.3, 0.4) is 0 Å². The zero-order chi connectivity index (χ0) is 22.4. The monoisotopic (exact) mass is 435 g/mol. The van der Waals surface area contributed by atoms with Gasteiger partial charge in [-0.15, -0.1) is 0 Å². The Bertz CT molecular complexity index is 1080. The Labute approximate surface area is 180 Å². The molecule has 0 aliphatic heterocycles. The third kappa shape index (κ3) is 4.49. The standard InChI is InChI=1S/C24H22NO5P/c1-3-30-24(26)18(2)23(19-14-16-20(17-15-19)25(27)28)31(29,21-10-6-4-7-11-21)22-12-8-5-9-13-22/h4-17,23H,2-3H2,1H3. The minimum atomic E-state index is -3.50. The van der Waals surface area contributed by atoms with E-state index >= 15 is 0 Å². The van der Waals surface area contributed by atoms with Gasteiger partial charge in [0.2, 0.25) is 0 Å². The van der Waals surface area contributed by atoms with E-state index in [9.17, 15) is 19.5 Å². The highest BCUT2D eigenvalue weighted by Gasteiger charge is 2.42. The fraction of sp³-hybridized carbons (Fsp3) is 0.125. The number of nitro benzene ring substituents is 1. The summed E-state index contributed by atoms with van der Waals surface area (Å²) >= 11 is 0. The van der Waals surface area contributed by atoms with Crippen LogP contribution in [-0.2, 0) is 14.1 Å². The number of hydrogen-bond acceptors (Lipinski definition) is 5. The summed E-state index contributed by atoms with van der Waals surface area (Å²) in [4.78, 5) is 23.3. The Kier molecular flexibility index (Phi) is 6.83. The average molecular weight is 435 g/mol. The van der Waals surface area contributed by atoms with Crippen molar-refractivity contribution in [3.05, 3.63) is 113 Å². The summed E-state index contributed by atoms with van der Waals surface area (Å²) in [6, 6.07) is 23.5. The van der Waals surface area contributed by atoms with Crippen molar-refractivity contribution in [1.82, 2.24) is 0 Å². The first-order chi connectivity index (χ1) is 14.9. The quantitative estimate of drug-likeness (QED) is 0.167. The van der Waals surface area contributed by atoms with Crippen LogP contribution in [0, 0.1) is 10.1 Å². The molecule has 0 bridgehead atoms. The second kappa shape index (κ2) is 9.54. The smallest absolute Gasteiger partial charge is 0.334 e. The SMILES string of the molecule is C=C(C(=O)OCC)C(c1ccc([N+](=O)[O-])cc1)P(=O)(c1ccccc1)c1ccccc1. The molecule has 0 N–H and O–H groups in total. The Morgan fingerprint density at radius 3 is 1.87 bits per heavy atom. The van der Waals surface area contributed by atoms with Gasteiger partial charge in [0.15, 0.2) is 7.14 Å². The van der Waals surface area contributed by atoms with Crippen LogP contribution < -0.4 is 10.6 Å². The molecule has 0 fully saturated rings. The molecule has 0 saturated carbocycles. The average Bonchev–Trinajstić information content (AvgIpc) is 2.80. The molecule has 3 aromatic rings. The van der Waals surface area contributed by atoms with Crippen LogP contribution in [0.4, 0.5) is 5.69 Å². The molecule has 0 saturated heterocycles. The summed E-state index contributed by atoms with van der Waals surface area (Å²) < 4.78 is 20.1. The number of carbonyl (C=O) groups is 1. The number of nitrogens with zero attached hydrogens (tertiary/aromatic N) is 1. The fourth-order valence-electron chi connectivity index (χ4n) is 3.49. The molecule has 0 spiro atoms. The van der Waals surface area contributed by atoms with Crippen LogP contribution in [0.1, 0.15) is 18.1 Å². The van der Waals surface area contributed by atoms with Crippen LogP contribution in [0.15, 0.2) is 97.1 Å². The summed E-state index contributed by atoms with van der Waals surface area (Å²) in [6.07, 6.45) is 0. The van der Waals surface area contributed by atoms with Crippen molar-refractivity contribution in [3.8, 4) is 0 Å². The van der Waals surface area contributed by atoms with Crippen molar-refractivity contribution in [1.29, 1.82) is 0 Å². The van der Waals surface area contributed by atoms with E-state index < -0.39 is 23.7 Å². The molecule has 0 heterocycles. The van der Waals surface area contributed by atoms with Gasteiger partial charge in [0.05, 0.1) is 17.2 Å². The van der Waals surface area contributed by atoms with Gasteiger partial charge in [-0.3, -0.25) is 10.1 Å². The van der Waals surface area contributed by atoms with Crippen molar-refractivity contribution in [2.45, 2.75) is 12.6 Å². The van der Waals surface area contributed by atoms with Crippen molar-refractivity contribution in [2.75, 3.05) is 6.61 Å². The van der Waals surface area contributed by atoms with E-state index in [4.69, 9.17) is 4.74 Å². The van der Waals surface area contributed by atoms with Gasteiger partial charge in [-0.1, -0.05) is 79.4 Å². The van der Waals surface area contributed by atoms with Gasteiger partial charge in [0, 0.05) is 28.3 Å². The number of non-ortho nitro benzene ring substituents is 1. The first kappa shape index (κ1) is 22.2. The van der Waals surface area contributed by atoms with Gasteiger partial charge >= 0.3 is 5.97 Å². The molecule has 3 rings (SSSR count). The minimum absolute atomic E-state index is 0.0340. The molecule has 0 aliphatic carbocycles. The van der Waals surface area contributed by atoms with Gasteiger partial charge in [-0.05, 0) is 12.5 Å². The molecule has 0 aromatic heterocycles. The maximum Gasteiger partial charge on any atom is 0.334 e. The largest absolute Gasteiger partial charge is 0.463 e. The molecule has 0 aliphatic rings. The Hall–Kier alpha value is -3.50. The van der Waals surface area contributed by atoms with E-state index in [0.29, 0.717) is 16.2 Å². The highest BCUT2D eigenvalue weighted by atomic mass is 31.2. The van der Waals surface area contributed by atoms with Crippen LogP contribution in [0.25, 0.3) is 0 Å². The number of ether oxygens (including phenoxy) is 1. The molecular formula is C24H22NO5P. The molecule has 3 aromatic carbocycles. The third-order valence-electron chi connectivity index (χ3n) is 4.93. The normalized spacial score (nSPS) is 12.0. The maximum atomic E-state index is 14.9. The van der Waals surface area contributed by atoms with Crippen molar-refractivity contribution in [3.63, 3.8) is 0 Å². The summed E-state index contributed by atoms with van der Waals surface area (Å²) in [5.74, 6) is -0.655. The number of benzene rings is 3. The minimum Gasteiger partial charge on any atom is -0.463 e. The van der Waals surface area contributed by atoms with Crippen molar-refractivity contribution >= 4 is 29.4 Å². The van der Waals surface area contributed by atoms with Gasteiger partial charge in [0.1, 0.15) is 0 Å². The Balaban J connectivity index is 2.28. The van der Waals surface area contributed by atoms with E-state index in [1.807, 2.05) is 12.1 Å². The van der Waals surface area contributed by atoms with Crippen LogP contribution in [-0.4, -0.2) is 17.5 Å². The fourth-order valence-corrected chi connectivity index (χ4v) is 6.75. The summed E-state index contributed by atoms with van der Waals surface area (Å²) in [6.45, 7) is 5.77.